The van der Waals surface area contributed by atoms with Crippen molar-refractivity contribution < 1.29 is 13.2 Å². The number of nitrogens with zero attached hydrogens (tertiary/aromatic N) is 2. The van der Waals surface area contributed by atoms with Crippen LogP contribution < -0.4 is 5.32 Å². The second-order valence-corrected chi connectivity index (χ2v) is 11.7. The maximum Gasteiger partial charge on any atom is 0.243 e. The van der Waals surface area contributed by atoms with E-state index in [0.717, 1.165) is 13.0 Å². The second kappa shape index (κ2) is 9.79. The van der Waals surface area contributed by atoms with Crippen LogP contribution in [0.2, 0.25) is 0 Å². The van der Waals surface area contributed by atoms with Crippen LogP contribution >= 0.6 is 0 Å². The third-order valence-corrected chi connectivity index (χ3v) is 7.94. The van der Waals surface area contributed by atoms with Crippen molar-refractivity contribution >= 4 is 15.9 Å². The Balaban J connectivity index is 1.60. The first-order valence-electron chi connectivity index (χ1n) is 11.3. The van der Waals surface area contributed by atoms with E-state index >= 15 is 0 Å². The first kappa shape index (κ1) is 23.2. The molecule has 1 saturated heterocycles. The normalized spacial score (nSPS) is 20.6. The molecule has 7 heteroatoms. The van der Waals surface area contributed by atoms with Crippen molar-refractivity contribution in [3.63, 3.8) is 0 Å². The Hall–Kier alpha value is -1.44. The molecule has 3 rings (SSSR count). The van der Waals surface area contributed by atoms with Crippen molar-refractivity contribution in [2.45, 2.75) is 75.6 Å². The Bertz CT molecular complexity index is 809. The molecule has 0 radical (unpaired) electrons. The number of carbonyl (C=O) groups is 1. The van der Waals surface area contributed by atoms with Crippen molar-refractivity contribution in [2.24, 2.45) is 0 Å². The Morgan fingerprint density at radius 1 is 0.967 bits per heavy atom. The molecule has 0 atom stereocenters. The van der Waals surface area contributed by atoms with E-state index in [1.54, 1.807) is 16.4 Å². The van der Waals surface area contributed by atoms with E-state index in [4.69, 9.17) is 0 Å². The highest BCUT2D eigenvalue weighted by atomic mass is 32.2. The summed E-state index contributed by atoms with van der Waals surface area (Å²) in [6.07, 6.45) is 6.98. The minimum Gasteiger partial charge on any atom is -0.350 e. The lowest BCUT2D eigenvalue weighted by molar-refractivity contribution is -0.123. The highest BCUT2D eigenvalue weighted by molar-refractivity contribution is 7.89. The van der Waals surface area contributed by atoms with Gasteiger partial charge in [0.15, 0.2) is 0 Å². The molecule has 1 N–H and O–H groups in total. The third kappa shape index (κ3) is 6.28. The van der Waals surface area contributed by atoms with Gasteiger partial charge in [0.05, 0.1) is 11.4 Å². The lowest BCUT2D eigenvalue weighted by Gasteiger charge is -2.25. The number of rotatable bonds is 5. The molecule has 30 heavy (non-hydrogen) atoms. The fraction of sp³-hybridized carbons (Fsp3) is 0.696. The zero-order valence-corrected chi connectivity index (χ0v) is 19.5. The van der Waals surface area contributed by atoms with Crippen LogP contribution in [0, 0.1) is 0 Å². The fourth-order valence-corrected chi connectivity index (χ4v) is 5.97. The lowest BCUT2D eigenvalue weighted by atomic mass is 9.84. The van der Waals surface area contributed by atoms with E-state index in [2.05, 4.69) is 5.32 Å². The van der Waals surface area contributed by atoms with Gasteiger partial charge in [-0.2, -0.15) is 4.31 Å². The topological polar surface area (TPSA) is 69.7 Å². The molecule has 2 fully saturated rings. The third-order valence-electron chi connectivity index (χ3n) is 6.02. The summed E-state index contributed by atoms with van der Waals surface area (Å²) in [4.78, 5) is 14.6. The van der Waals surface area contributed by atoms with Gasteiger partial charge in [-0.15, -0.1) is 0 Å². The van der Waals surface area contributed by atoms with Gasteiger partial charge in [-0.1, -0.05) is 31.4 Å². The Morgan fingerprint density at radius 2 is 1.63 bits per heavy atom. The average molecular weight is 436 g/mol. The average Bonchev–Trinajstić information content (AvgIpc) is 2.93. The summed E-state index contributed by atoms with van der Waals surface area (Å²) in [6.45, 7) is 8.38. The van der Waals surface area contributed by atoms with Gasteiger partial charge >= 0.3 is 0 Å². The summed E-state index contributed by atoms with van der Waals surface area (Å²) in [5.41, 5.74) is 1.00. The summed E-state index contributed by atoms with van der Waals surface area (Å²) >= 11 is 0. The van der Waals surface area contributed by atoms with Crippen LogP contribution in [0.25, 0.3) is 0 Å². The molecule has 2 aliphatic rings. The molecule has 1 aliphatic heterocycles. The number of carbonyl (C=O) groups excluding carboxylic acids is 1. The van der Waals surface area contributed by atoms with Crippen molar-refractivity contribution in [3.05, 3.63) is 29.8 Å². The van der Waals surface area contributed by atoms with E-state index < -0.39 is 10.0 Å². The quantitative estimate of drug-likeness (QED) is 0.770. The van der Waals surface area contributed by atoms with Crippen LogP contribution in [0.4, 0.5) is 0 Å². The number of benzene rings is 1. The summed E-state index contributed by atoms with van der Waals surface area (Å²) in [5.74, 6) is 0.554. The maximum atomic E-state index is 13.2. The molecule has 6 nitrogen and oxygen atoms in total. The molecule has 0 aromatic heterocycles. The first-order chi connectivity index (χ1) is 14.1. The fourth-order valence-electron chi connectivity index (χ4n) is 4.50. The van der Waals surface area contributed by atoms with Crippen LogP contribution in [0.5, 0.6) is 0 Å². The van der Waals surface area contributed by atoms with Gasteiger partial charge in [0.2, 0.25) is 15.9 Å². The highest BCUT2D eigenvalue weighted by Crippen LogP contribution is 2.33. The Kier molecular flexibility index (Phi) is 7.58. The van der Waals surface area contributed by atoms with Gasteiger partial charge in [0, 0.05) is 25.2 Å². The molecule has 0 spiro atoms. The molecule has 0 unspecified atom stereocenters. The van der Waals surface area contributed by atoms with Gasteiger partial charge in [-0.3, -0.25) is 9.69 Å². The Labute approximate surface area is 182 Å². The first-order valence-corrected chi connectivity index (χ1v) is 12.7. The van der Waals surface area contributed by atoms with Crippen LogP contribution in [0.3, 0.4) is 0 Å². The van der Waals surface area contributed by atoms with E-state index in [1.165, 1.54) is 37.7 Å². The van der Waals surface area contributed by atoms with E-state index in [-0.39, 0.29) is 11.4 Å². The minimum absolute atomic E-state index is 0.0166. The molecular weight excluding hydrogens is 398 g/mol. The monoisotopic (exact) mass is 435 g/mol. The number of nitrogens with one attached hydrogen (secondary N) is 1. The van der Waals surface area contributed by atoms with Gasteiger partial charge in [-0.25, -0.2) is 8.42 Å². The molecule has 0 bridgehead atoms. The molecule has 1 heterocycles. The summed E-state index contributed by atoms with van der Waals surface area (Å²) in [5, 5.41) is 2.97. The number of hydrogen-bond donors (Lipinski definition) is 1. The van der Waals surface area contributed by atoms with Crippen molar-refractivity contribution in [2.75, 3.05) is 32.7 Å². The number of hydrogen-bond acceptors (Lipinski definition) is 4. The van der Waals surface area contributed by atoms with Crippen molar-refractivity contribution in [1.82, 2.24) is 14.5 Å². The summed E-state index contributed by atoms with van der Waals surface area (Å²) in [6, 6.07) is 7.56. The predicted molar refractivity (Wildman–Crippen MR) is 120 cm³/mol. The van der Waals surface area contributed by atoms with E-state index in [0.29, 0.717) is 37.0 Å². The largest absolute Gasteiger partial charge is 0.350 e. The predicted octanol–water partition coefficient (Wildman–Crippen LogP) is 3.35. The molecule has 1 aromatic carbocycles. The number of sulfonamides is 1. The zero-order chi connectivity index (χ0) is 21.8. The van der Waals surface area contributed by atoms with Gasteiger partial charge in [0.25, 0.3) is 0 Å². The van der Waals surface area contributed by atoms with Gasteiger partial charge in [0.1, 0.15) is 0 Å². The van der Waals surface area contributed by atoms with Gasteiger partial charge < -0.3 is 5.32 Å². The van der Waals surface area contributed by atoms with Crippen LogP contribution in [0.1, 0.15) is 70.8 Å². The maximum absolute atomic E-state index is 13.2. The zero-order valence-electron chi connectivity index (χ0n) is 18.7. The standard InChI is InChI=1S/C23H37N3O3S/c1-23(2,3)24-22(27)18-25-14-7-15-26(17-16-25)30(28,29)21-12-10-20(11-13-21)19-8-5-4-6-9-19/h10-13,19H,4-9,14-18H2,1-3H3,(H,24,27). The van der Waals surface area contributed by atoms with E-state index in [9.17, 15) is 13.2 Å². The summed E-state index contributed by atoms with van der Waals surface area (Å²) in [7, 11) is -3.51. The molecule has 1 aromatic rings. The van der Waals surface area contributed by atoms with Crippen molar-refractivity contribution in [3.8, 4) is 0 Å². The minimum atomic E-state index is -3.51. The van der Waals surface area contributed by atoms with E-state index in [1.807, 2.05) is 37.8 Å². The molecule has 168 valence electrons. The van der Waals surface area contributed by atoms with Crippen molar-refractivity contribution in [1.29, 1.82) is 0 Å². The Morgan fingerprint density at radius 3 is 2.27 bits per heavy atom. The van der Waals surface area contributed by atoms with Crippen LogP contribution in [0.15, 0.2) is 29.2 Å². The molecule has 1 amide bonds. The van der Waals surface area contributed by atoms with Crippen LogP contribution in [-0.2, 0) is 14.8 Å². The molecule has 1 saturated carbocycles. The molecular formula is C23H37N3O3S. The van der Waals surface area contributed by atoms with Gasteiger partial charge in [-0.05, 0) is 70.2 Å². The molecule has 1 aliphatic carbocycles. The smallest absolute Gasteiger partial charge is 0.243 e. The number of amides is 1. The second-order valence-electron chi connectivity index (χ2n) is 9.74. The van der Waals surface area contributed by atoms with Crippen LogP contribution in [-0.4, -0.2) is 61.8 Å². The summed E-state index contributed by atoms with van der Waals surface area (Å²) < 4.78 is 27.9. The lowest BCUT2D eigenvalue weighted by Crippen LogP contribution is -2.46. The SMILES string of the molecule is CC(C)(C)NC(=O)CN1CCCN(S(=O)(=O)c2ccc(C3CCCCC3)cc2)CC1. The highest BCUT2D eigenvalue weighted by Gasteiger charge is 2.28.